The second-order valence-electron chi connectivity index (χ2n) is 8.01. The average Bonchev–Trinajstić information content (AvgIpc) is 3.04. The topological polar surface area (TPSA) is 41.6 Å². The Balaban J connectivity index is 1.18. The second-order valence-corrected chi connectivity index (χ2v) is 8.01. The number of nitrogens with one attached hydrogen (secondary N) is 1. The zero-order valence-corrected chi connectivity index (χ0v) is 16.7. The Hall–Kier alpha value is -2.49. The molecule has 0 spiro atoms. The van der Waals surface area contributed by atoms with Gasteiger partial charge in [-0.15, -0.1) is 0 Å². The number of hydrogen-bond acceptors (Lipinski definition) is 3. The quantitative estimate of drug-likeness (QED) is 0.743. The van der Waals surface area contributed by atoms with Crippen molar-refractivity contribution in [2.75, 3.05) is 24.6 Å². The molecule has 4 heteroatoms. The van der Waals surface area contributed by atoms with E-state index in [1.807, 2.05) is 6.07 Å². The van der Waals surface area contributed by atoms with Gasteiger partial charge in [0.05, 0.1) is 0 Å². The molecule has 1 N–H and O–H groups in total. The number of amides is 1. The molecular formula is C24H30N2O2. The van der Waals surface area contributed by atoms with Crippen LogP contribution in [-0.4, -0.2) is 31.6 Å². The lowest BCUT2D eigenvalue weighted by Crippen LogP contribution is -2.34. The van der Waals surface area contributed by atoms with Crippen LogP contribution in [0.5, 0.6) is 5.75 Å². The number of carbonyl (C=O) groups is 1. The Morgan fingerprint density at radius 2 is 1.93 bits per heavy atom. The summed E-state index contributed by atoms with van der Waals surface area (Å²) in [6, 6.07) is 15.4. The van der Waals surface area contributed by atoms with Crippen LogP contribution in [0.2, 0.25) is 0 Å². The molecule has 1 atom stereocenters. The lowest BCUT2D eigenvalue weighted by molar-refractivity contribution is -0.123. The van der Waals surface area contributed by atoms with Gasteiger partial charge in [-0.1, -0.05) is 24.3 Å². The summed E-state index contributed by atoms with van der Waals surface area (Å²) >= 11 is 0. The van der Waals surface area contributed by atoms with Crippen LogP contribution >= 0.6 is 0 Å². The SMILES string of the molecule is C[C@H]1Cc2ccccc2N1CCCNC(=O)COc1ccc2c(c1)CCCC2. The predicted octanol–water partition coefficient (Wildman–Crippen LogP) is 3.90. The first kappa shape index (κ1) is 18.9. The van der Waals surface area contributed by atoms with Crippen LogP contribution in [0.15, 0.2) is 42.5 Å². The molecule has 1 heterocycles. The Labute approximate surface area is 167 Å². The van der Waals surface area contributed by atoms with Crippen molar-refractivity contribution in [1.82, 2.24) is 5.32 Å². The standard InChI is InChI=1S/C24H30N2O2/c1-18-15-21-9-4-5-10-23(21)26(18)14-6-13-25-24(27)17-28-22-12-11-19-7-2-3-8-20(19)16-22/h4-5,9-12,16,18H,2-3,6-8,13-15,17H2,1H3,(H,25,27)/t18-/m0/s1. The fourth-order valence-electron chi connectivity index (χ4n) is 4.45. The molecule has 1 aliphatic heterocycles. The van der Waals surface area contributed by atoms with Gasteiger partial charge in [0.1, 0.15) is 5.75 Å². The highest BCUT2D eigenvalue weighted by atomic mass is 16.5. The van der Waals surface area contributed by atoms with E-state index >= 15 is 0 Å². The van der Waals surface area contributed by atoms with E-state index in [0.29, 0.717) is 12.6 Å². The summed E-state index contributed by atoms with van der Waals surface area (Å²) in [6.45, 7) is 3.99. The average molecular weight is 379 g/mol. The molecule has 0 saturated carbocycles. The Morgan fingerprint density at radius 1 is 1.11 bits per heavy atom. The number of aryl methyl sites for hydroxylation is 2. The van der Waals surface area contributed by atoms with Crippen LogP contribution < -0.4 is 15.0 Å². The molecule has 0 aromatic heterocycles. The van der Waals surface area contributed by atoms with Gasteiger partial charge in [0.25, 0.3) is 5.91 Å². The molecule has 2 aromatic rings. The maximum atomic E-state index is 12.1. The molecule has 2 aliphatic rings. The van der Waals surface area contributed by atoms with E-state index in [2.05, 4.69) is 53.5 Å². The first-order valence-corrected chi connectivity index (χ1v) is 10.6. The fraction of sp³-hybridized carbons (Fsp3) is 0.458. The molecule has 1 amide bonds. The predicted molar refractivity (Wildman–Crippen MR) is 113 cm³/mol. The third-order valence-corrected chi connectivity index (χ3v) is 5.94. The number of ether oxygens (including phenoxy) is 1. The first-order chi connectivity index (χ1) is 13.7. The fourth-order valence-corrected chi connectivity index (χ4v) is 4.45. The van der Waals surface area contributed by atoms with Crippen molar-refractivity contribution in [3.63, 3.8) is 0 Å². The normalized spacial score (nSPS) is 17.8. The van der Waals surface area contributed by atoms with E-state index in [4.69, 9.17) is 4.74 Å². The van der Waals surface area contributed by atoms with Crippen LogP contribution in [0, 0.1) is 0 Å². The maximum Gasteiger partial charge on any atom is 0.257 e. The molecule has 4 nitrogen and oxygen atoms in total. The number of carbonyl (C=O) groups excluding carboxylic acids is 1. The van der Waals surface area contributed by atoms with Crippen LogP contribution in [0.4, 0.5) is 5.69 Å². The van der Waals surface area contributed by atoms with Crippen molar-refractivity contribution < 1.29 is 9.53 Å². The molecule has 0 saturated heterocycles. The Kier molecular flexibility index (Phi) is 5.84. The van der Waals surface area contributed by atoms with Crippen molar-refractivity contribution in [2.45, 2.75) is 51.5 Å². The summed E-state index contributed by atoms with van der Waals surface area (Å²) in [4.78, 5) is 14.6. The largest absolute Gasteiger partial charge is 0.484 e. The molecule has 0 unspecified atom stereocenters. The number of benzene rings is 2. The van der Waals surface area contributed by atoms with Crippen molar-refractivity contribution in [3.8, 4) is 5.75 Å². The van der Waals surface area contributed by atoms with Crippen molar-refractivity contribution >= 4 is 11.6 Å². The number of anilines is 1. The Morgan fingerprint density at radius 3 is 2.82 bits per heavy atom. The zero-order valence-electron chi connectivity index (χ0n) is 16.7. The highest BCUT2D eigenvalue weighted by Gasteiger charge is 2.24. The first-order valence-electron chi connectivity index (χ1n) is 10.6. The van der Waals surface area contributed by atoms with Gasteiger partial charge in [-0.3, -0.25) is 4.79 Å². The van der Waals surface area contributed by atoms with E-state index in [1.165, 1.54) is 35.2 Å². The van der Waals surface area contributed by atoms with Crippen LogP contribution in [0.1, 0.15) is 42.9 Å². The lowest BCUT2D eigenvalue weighted by atomic mass is 9.92. The van der Waals surface area contributed by atoms with E-state index < -0.39 is 0 Å². The summed E-state index contributed by atoms with van der Waals surface area (Å²) in [5.74, 6) is 0.755. The van der Waals surface area contributed by atoms with Crippen molar-refractivity contribution in [2.24, 2.45) is 0 Å². The minimum absolute atomic E-state index is 0.0485. The highest BCUT2D eigenvalue weighted by Crippen LogP contribution is 2.31. The van der Waals surface area contributed by atoms with E-state index in [1.54, 1.807) is 0 Å². The zero-order chi connectivity index (χ0) is 19.3. The lowest BCUT2D eigenvalue weighted by Gasteiger charge is -2.24. The minimum atomic E-state index is -0.0485. The van der Waals surface area contributed by atoms with Gasteiger partial charge in [0, 0.05) is 24.8 Å². The maximum absolute atomic E-state index is 12.1. The number of para-hydroxylation sites is 1. The molecule has 0 fully saturated rings. The number of fused-ring (bicyclic) bond motifs is 2. The third-order valence-electron chi connectivity index (χ3n) is 5.94. The van der Waals surface area contributed by atoms with Gasteiger partial charge in [-0.2, -0.15) is 0 Å². The van der Waals surface area contributed by atoms with Crippen LogP contribution in [-0.2, 0) is 24.1 Å². The van der Waals surface area contributed by atoms with E-state index in [9.17, 15) is 4.79 Å². The Bertz CT molecular complexity index is 833. The molecule has 28 heavy (non-hydrogen) atoms. The van der Waals surface area contributed by atoms with Gasteiger partial charge in [-0.25, -0.2) is 0 Å². The highest BCUT2D eigenvalue weighted by molar-refractivity contribution is 5.77. The van der Waals surface area contributed by atoms with E-state index in [0.717, 1.165) is 38.0 Å². The van der Waals surface area contributed by atoms with Gasteiger partial charge in [0.15, 0.2) is 6.61 Å². The van der Waals surface area contributed by atoms with Gasteiger partial charge in [0.2, 0.25) is 0 Å². The smallest absolute Gasteiger partial charge is 0.257 e. The molecule has 148 valence electrons. The summed E-state index contributed by atoms with van der Waals surface area (Å²) in [5.41, 5.74) is 5.58. The van der Waals surface area contributed by atoms with Crippen LogP contribution in [0.3, 0.4) is 0 Å². The van der Waals surface area contributed by atoms with E-state index in [-0.39, 0.29) is 12.5 Å². The summed E-state index contributed by atoms with van der Waals surface area (Å²) in [6.07, 6.45) is 6.85. The molecule has 2 aromatic carbocycles. The monoisotopic (exact) mass is 378 g/mol. The van der Waals surface area contributed by atoms with Gasteiger partial charge >= 0.3 is 0 Å². The van der Waals surface area contributed by atoms with Crippen LogP contribution in [0.25, 0.3) is 0 Å². The molecule has 4 rings (SSSR count). The van der Waals surface area contributed by atoms with Gasteiger partial charge in [-0.05, 0) is 80.3 Å². The number of hydrogen-bond donors (Lipinski definition) is 1. The third kappa shape index (κ3) is 4.32. The molecular weight excluding hydrogens is 348 g/mol. The molecule has 1 aliphatic carbocycles. The minimum Gasteiger partial charge on any atom is -0.484 e. The second kappa shape index (κ2) is 8.68. The molecule has 0 radical (unpaired) electrons. The summed E-state index contributed by atoms with van der Waals surface area (Å²) in [7, 11) is 0. The number of nitrogens with zero attached hydrogens (tertiary/aromatic N) is 1. The molecule has 0 bridgehead atoms. The number of rotatable bonds is 7. The van der Waals surface area contributed by atoms with Gasteiger partial charge < -0.3 is 15.0 Å². The summed E-state index contributed by atoms with van der Waals surface area (Å²) in [5, 5.41) is 2.99. The summed E-state index contributed by atoms with van der Waals surface area (Å²) < 4.78 is 5.71. The van der Waals surface area contributed by atoms with Crippen molar-refractivity contribution in [3.05, 3.63) is 59.2 Å². The van der Waals surface area contributed by atoms with Crippen molar-refractivity contribution in [1.29, 1.82) is 0 Å².